The summed E-state index contributed by atoms with van der Waals surface area (Å²) in [6.07, 6.45) is 2.75. The molecule has 124 valence electrons. The number of aromatic nitrogens is 3. The number of aryl methyl sites for hydroxylation is 1. The number of thioether (sulfide) groups is 1. The van der Waals surface area contributed by atoms with Crippen molar-refractivity contribution in [2.45, 2.75) is 56.5 Å². The van der Waals surface area contributed by atoms with Crippen LogP contribution < -0.4 is 5.32 Å². The van der Waals surface area contributed by atoms with Crippen molar-refractivity contribution in [2.75, 3.05) is 0 Å². The van der Waals surface area contributed by atoms with Crippen molar-refractivity contribution in [3.05, 3.63) is 41.7 Å². The maximum Gasteiger partial charge on any atom is 0.233 e. The van der Waals surface area contributed by atoms with Crippen LogP contribution in [0.5, 0.6) is 0 Å². The predicted molar refractivity (Wildman–Crippen MR) is 93.3 cm³/mol. The molecule has 2 unspecified atom stereocenters. The van der Waals surface area contributed by atoms with Gasteiger partial charge < -0.3 is 5.32 Å². The Morgan fingerprint density at radius 2 is 2.04 bits per heavy atom. The zero-order chi connectivity index (χ0) is 16.7. The molecule has 1 amide bonds. The molecule has 2 N–H and O–H groups in total. The number of benzene rings is 1. The van der Waals surface area contributed by atoms with Crippen molar-refractivity contribution in [1.29, 1.82) is 0 Å². The van der Waals surface area contributed by atoms with Gasteiger partial charge in [0, 0.05) is 6.42 Å². The lowest BCUT2D eigenvalue weighted by Crippen LogP contribution is -2.34. The Hall–Kier alpha value is -1.82. The van der Waals surface area contributed by atoms with E-state index in [0.717, 1.165) is 30.7 Å². The summed E-state index contributed by atoms with van der Waals surface area (Å²) in [5, 5.41) is 10.5. The standard InChI is InChI=1S/C17H24N4OS/c1-4-9-14(13-10-7-6-8-11-13)18-16(22)12(3)23-17-19-15(5-2)20-21-17/h6-8,10-12,14H,4-5,9H2,1-3H3,(H,18,22)(H,19,20,21). The van der Waals surface area contributed by atoms with Crippen LogP contribution in [0.3, 0.4) is 0 Å². The summed E-state index contributed by atoms with van der Waals surface area (Å²) in [5.41, 5.74) is 1.14. The van der Waals surface area contributed by atoms with E-state index in [2.05, 4.69) is 39.6 Å². The third-order valence-corrected chi connectivity index (χ3v) is 4.55. The van der Waals surface area contributed by atoms with Gasteiger partial charge in [-0.15, -0.1) is 5.10 Å². The number of amides is 1. The Bertz CT molecular complexity index is 614. The topological polar surface area (TPSA) is 70.7 Å². The van der Waals surface area contributed by atoms with E-state index in [4.69, 9.17) is 0 Å². The van der Waals surface area contributed by atoms with Gasteiger partial charge in [-0.3, -0.25) is 9.89 Å². The highest BCUT2D eigenvalue weighted by Crippen LogP contribution is 2.22. The summed E-state index contributed by atoms with van der Waals surface area (Å²) >= 11 is 1.38. The van der Waals surface area contributed by atoms with E-state index in [9.17, 15) is 4.79 Å². The molecule has 1 aromatic carbocycles. The fraction of sp³-hybridized carbons (Fsp3) is 0.471. The molecule has 1 aromatic heterocycles. The quantitative estimate of drug-likeness (QED) is 0.726. The van der Waals surface area contributed by atoms with E-state index < -0.39 is 0 Å². The van der Waals surface area contributed by atoms with Gasteiger partial charge in [-0.05, 0) is 18.9 Å². The molecule has 0 bridgehead atoms. The monoisotopic (exact) mass is 332 g/mol. The molecule has 0 aliphatic carbocycles. The number of nitrogens with zero attached hydrogens (tertiary/aromatic N) is 2. The van der Waals surface area contributed by atoms with E-state index in [-0.39, 0.29) is 17.2 Å². The molecule has 6 heteroatoms. The summed E-state index contributed by atoms with van der Waals surface area (Å²) in [4.78, 5) is 16.8. The number of H-pyrrole nitrogens is 1. The van der Waals surface area contributed by atoms with Crippen LogP contribution in [0, 0.1) is 0 Å². The first-order chi connectivity index (χ1) is 11.1. The number of rotatable bonds is 8. The number of carbonyl (C=O) groups is 1. The molecule has 0 aliphatic heterocycles. The van der Waals surface area contributed by atoms with E-state index >= 15 is 0 Å². The summed E-state index contributed by atoms with van der Waals surface area (Å²) in [6.45, 7) is 6.02. The summed E-state index contributed by atoms with van der Waals surface area (Å²) < 4.78 is 0. The minimum absolute atomic E-state index is 0.0140. The van der Waals surface area contributed by atoms with Gasteiger partial charge in [-0.25, -0.2) is 4.98 Å². The van der Waals surface area contributed by atoms with Crippen molar-refractivity contribution < 1.29 is 4.79 Å². The molecule has 0 spiro atoms. The van der Waals surface area contributed by atoms with E-state index in [1.165, 1.54) is 11.8 Å². The van der Waals surface area contributed by atoms with Crippen LogP contribution in [-0.4, -0.2) is 26.3 Å². The zero-order valence-electron chi connectivity index (χ0n) is 13.9. The molecular weight excluding hydrogens is 308 g/mol. The second-order valence-corrected chi connectivity index (χ2v) is 6.75. The highest BCUT2D eigenvalue weighted by molar-refractivity contribution is 8.00. The first kappa shape index (κ1) is 17.5. The van der Waals surface area contributed by atoms with Crippen LogP contribution in [0.15, 0.2) is 35.5 Å². The van der Waals surface area contributed by atoms with E-state index in [1.54, 1.807) is 0 Å². The average molecular weight is 332 g/mol. The summed E-state index contributed by atoms with van der Waals surface area (Å²) in [6, 6.07) is 10.2. The molecule has 0 saturated heterocycles. The normalized spacial score (nSPS) is 13.5. The molecule has 1 heterocycles. The third kappa shape index (κ3) is 5.10. The van der Waals surface area contributed by atoms with Crippen LogP contribution in [0.25, 0.3) is 0 Å². The molecule has 23 heavy (non-hydrogen) atoms. The number of carbonyl (C=O) groups excluding carboxylic acids is 1. The van der Waals surface area contributed by atoms with Gasteiger partial charge in [-0.2, -0.15) is 0 Å². The van der Waals surface area contributed by atoms with Crippen LogP contribution >= 0.6 is 11.8 Å². The smallest absolute Gasteiger partial charge is 0.233 e. The molecule has 0 fully saturated rings. The summed E-state index contributed by atoms with van der Waals surface area (Å²) in [7, 11) is 0. The lowest BCUT2D eigenvalue weighted by molar-refractivity contribution is -0.121. The molecule has 2 rings (SSSR count). The molecular formula is C17H24N4OS. The minimum Gasteiger partial charge on any atom is -0.348 e. The zero-order valence-corrected chi connectivity index (χ0v) is 14.7. The predicted octanol–water partition coefficient (Wildman–Crippen LogP) is 3.51. The van der Waals surface area contributed by atoms with Gasteiger partial charge in [0.1, 0.15) is 5.82 Å². The minimum atomic E-state index is -0.237. The molecule has 2 aromatic rings. The number of hydrogen-bond donors (Lipinski definition) is 2. The Morgan fingerprint density at radius 1 is 1.30 bits per heavy atom. The van der Waals surface area contributed by atoms with Gasteiger partial charge in [0.05, 0.1) is 11.3 Å². The van der Waals surface area contributed by atoms with Crippen molar-refractivity contribution in [3.63, 3.8) is 0 Å². The molecule has 2 atom stereocenters. The largest absolute Gasteiger partial charge is 0.348 e. The van der Waals surface area contributed by atoms with Crippen LogP contribution in [-0.2, 0) is 11.2 Å². The highest BCUT2D eigenvalue weighted by atomic mass is 32.2. The van der Waals surface area contributed by atoms with Gasteiger partial charge >= 0.3 is 0 Å². The fourth-order valence-corrected chi connectivity index (χ4v) is 3.04. The summed E-state index contributed by atoms with van der Waals surface area (Å²) in [5.74, 6) is 0.855. The second-order valence-electron chi connectivity index (χ2n) is 5.44. The van der Waals surface area contributed by atoms with E-state index in [0.29, 0.717) is 5.16 Å². The molecule has 0 radical (unpaired) electrons. The van der Waals surface area contributed by atoms with Gasteiger partial charge in [-0.1, -0.05) is 62.4 Å². The first-order valence-corrected chi connectivity index (χ1v) is 8.95. The SMILES string of the molecule is CCCC(NC(=O)C(C)Sc1n[nH]c(CC)n1)c1ccccc1. The lowest BCUT2D eigenvalue weighted by Gasteiger charge is -2.20. The molecule has 0 aliphatic rings. The van der Waals surface area contributed by atoms with Gasteiger partial charge in [0.15, 0.2) is 0 Å². The lowest BCUT2D eigenvalue weighted by atomic mass is 10.0. The van der Waals surface area contributed by atoms with Gasteiger partial charge in [0.2, 0.25) is 11.1 Å². The first-order valence-electron chi connectivity index (χ1n) is 8.07. The van der Waals surface area contributed by atoms with Crippen LogP contribution in [0.1, 0.15) is 51.0 Å². The van der Waals surface area contributed by atoms with Gasteiger partial charge in [0.25, 0.3) is 0 Å². The molecule has 5 nitrogen and oxygen atoms in total. The Balaban J connectivity index is 1.97. The van der Waals surface area contributed by atoms with Crippen molar-refractivity contribution in [2.24, 2.45) is 0 Å². The Morgan fingerprint density at radius 3 is 2.65 bits per heavy atom. The average Bonchev–Trinajstić information content (AvgIpc) is 3.02. The number of hydrogen-bond acceptors (Lipinski definition) is 4. The van der Waals surface area contributed by atoms with Crippen molar-refractivity contribution in [3.8, 4) is 0 Å². The number of nitrogens with one attached hydrogen (secondary N) is 2. The maximum atomic E-state index is 12.5. The van der Waals surface area contributed by atoms with Crippen LogP contribution in [0.4, 0.5) is 0 Å². The third-order valence-electron chi connectivity index (χ3n) is 3.59. The Labute approximate surface area is 141 Å². The number of aromatic amines is 1. The maximum absolute atomic E-state index is 12.5. The van der Waals surface area contributed by atoms with Crippen molar-refractivity contribution >= 4 is 17.7 Å². The van der Waals surface area contributed by atoms with Crippen LogP contribution in [0.2, 0.25) is 0 Å². The fourth-order valence-electron chi connectivity index (χ4n) is 2.29. The van der Waals surface area contributed by atoms with E-state index in [1.807, 2.05) is 32.0 Å². The Kier molecular flexibility index (Phi) is 6.65. The highest BCUT2D eigenvalue weighted by Gasteiger charge is 2.20. The second kappa shape index (κ2) is 8.72. The molecule has 0 saturated carbocycles. The van der Waals surface area contributed by atoms with Crippen molar-refractivity contribution in [1.82, 2.24) is 20.5 Å².